The number of hydrogen-bond acceptors (Lipinski definition) is 9. The highest BCUT2D eigenvalue weighted by Gasteiger charge is 2.30. The summed E-state index contributed by atoms with van der Waals surface area (Å²) in [6.07, 6.45) is 5.46. The van der Waals surface area contributed by atoms with E-state index in [1.165, 1.54) is 25.6 Å². The molecule has 190 valence electrons. The lowest BCUT2D eigenvalue weighted by molar-refractivity contribution is -0.117. The highest BCUT2D eigenvalue weighted by molar-refractivity contribution is 6.00. The van der Waals surface area contributed by atoms with Crippen LogP contribution in [0.25, 0.3) is 11.4 Å². The van der Waals surface area contributed by atoms with E-state index in [1.54, 1.807) is 23.1 Å². The zero-order valence-electron chi connectivity index (χ0n) is 22.9. The van der Waals surface area contributed by atoms with Gasteiger partial charge in [-0.15, -0.1) is 10.2 Å². The quantitative estimate of drug-likeness (QED) is 0.418. The van der Waals surface area contributed by atoms with E-state index in [0.29, 0.717) is 41.5 Å². The van der Waals surface area contributed by atoms with Gasteiger partial charge in [0, 0.05) is 48.6 Å². The van der Waals surface area contributed by atoms with Gasteiger partial charge in [0.2, 0.25) is 5.91 Å². The Morgan fingerprint density at radius 1 is 1.11 bits per heavy atom. The molecule has 1 aliphatic heterocycles. The molecule has 0 unspecified atom stereocenters. The first-order valence-corrected chi connectivity index (χ1v) is 11.7. The van der Waals surface area contributed by atoms with Gasteiger partial charge < -0.3 is 25.6 Å². The van der Waals surface area contributed by atoms with Crippen LogP contribution in [0.3, 0.4) is 0 Å². The number of carbonyl (C=O) groups is 3. The Kier molecular flexibility index (Phi) is 5.65. The van der Waals surface area contributed by atoms with Gasteiger partial charge >= 0.3 is 0 Å². The number of para-hydroxylation sites is 1. The third-order valence-electron chi connectivity index (χ3n) is 6.09. The maximum atomic E-state index is 12.7. The van der Waals surface area contributed by atoms with Gasteiger partial charge in [-0.1, -0.05) is 6.07 Å². The summed E-state index contributed by atoms with van der Waals surface area (Å²) in [6.45, 7) is -1.33. The van der Waals surface area contributed by atoms with Gasteiger partial charge in [0.15, 0.2) is 23.1 Å². The van der Waals surface area contributed by atoms with Crippen LogP contribution >= 0.6 is 0 Å². The number of nitrogens with zero attached hydrogens (tertiary/aromatic N) is 5. The van der Waals surface area contributed by atoms with Crippen molar-refractivity contribution in [2.24, 2.45) is 5.92 Å². The monoisotopic (exact) mass is 505 g/mol. The fraction of sp³-hybridized carbons (Fsp3) is 0.320. The van der Waals surface area contributed by atoms with Crippen molar-refractivity contribution in [1.29, 1.82) is 0 Å². The summed E-state index contributed by atoms with van der Waals surface area (Å²) in [5.41, 5.74) is 1.02. The maximum Gasteiger partial charge on any atom is 0.273 e. The molecular formula is C25H26N8O4. The van der Waals surface area contributed by atoms with Crippen LogP contribution in [0.4, 0.5) is 17.2 Å². The Balaban J connectivity index is 1.46. The van der Waals surface area contributed by atoms with Crippen LogP contribution < -0.4 is 20.7 Å². The largest absolute Gasteiger partial charge is 0.494 e. The summed E-state index contributed by atoms with van der Waals surface area (Å²) in [6, 6.07) is 6.48. The minimum atomic E-state index is -2.76. The fourth-order valence-corrected chi connectivity index (χ4v) is 3.80. The molecule has 0 bridgehead atoms. The molecule has 0 atom stereocenters. The molecule has 3 aromatic rings. The Labute approximate surface area is 217 Å². The van der Waals surface area contributed by atoms with Crippen molar-refractivity contribution in [3.8, 4) is 17.1 Å². The minimum absolute atomic E-state index is 0.0784. The minimum Gasteiger partial charge on any atom is -0.494 e. The molecule has 2 fully saturated rings. The predicted octanol–water partition coefficient (Wildman–Crippen LogP) is 2.24. The summed E-state index contributed by atoms with van der Waals surface area (Å²) >= 11 is 0. The first-order chi connectivity index (χ1) is 19.1. The molecule has 12 heteroatoms. The van der Waals surface area contributed by atoms with Crippen molar-refractivity contribution in [2.45, 2.75) is 19.3 Å². The third-order valence-corrected chi connectivity index (χ3v) is 6.09. The molecule has 5 rings (SSSR count). The van der Waals surface area contributed by atoms with Crippen LogP contribution in [0, 0.1) is 5.92 Å². The topological polar surface area (TPSA) is 151 Å². The Morgan fingerprint density at radius 2 is 1.89 bits per heavy atom. The molecule has 0 radical (unpaired) electrons. The fourth-order valence-electron chi connectivity index (χ4n) is 3.80. The first-order valence-electron chi connectivity index (χ1n) is 13.2. The lowest BCUT2D eigenvalue weighted by Gasteiger charge is -2.30. The van der Waals surface area contributed by atoms with Crippen LogP contribution in [-0.2, 0) is 4.79 Å². The van der Waals surface area contributed by atoms with Crippen LogP contribution in [0.2, 0.25) is 0 Å². The Bertz CT molecular complexity index is 1460. The molecule has 3 heterocycles. The number of hydrogen-bond donors (Lipinski definition) is 3. The van der Waals surface area contributed by atoms with Gasteiger partial charge in [-0.3, -0.25) is 14.4 Å². The van der Waals surface area contributed by atoms with Crippen molar-refractivity contribution in [3.63, 3.8) is 0 Å². The molecule has 2 aromatic heterocycles. The molecule has 3 amide bonds. The average Bonchev–Trinajstić information content (AvgIpc) is 3.73. The molecule has 37 heavy (non-hydrogen) atoms. The van der Waals surface area contributed by atoms with E-state index in [4.69, 9.17) is 8.85 Å². The number of carbonyl (C=O) groups excluding carboxylic acids is 3. The lowest BCUT2D eigenvalue weighted by Crippen LogP contribution is -2.42. The molecular weight excluding hydrogens is 476 g/mol. The van der Waals surface area contributed by atoms with Crippen LogP contribution in [0.15, 0.2) is 36.7 Å². The second kappa shape index (κ2) is 10.2. The van der Waals surface area contributed by atoms with Gasteiger partial charge in [0.1, 0.15) is 0 Å². The van der Waals surface area contributed by atoms with Crippen LogP contribution in [0.1, 0.15) is 44.2 Å². The molecule has 1 aromatic carbocycles. The number of benzene rings is 1. The predicted molar refractivity (Wildman–Crippen MR) is 135 cm³/mol. The van der Waals surface area contributed by atoms with E-state index in [0.717, 1.165) is 19.3 Å². The molecule has 1 aliphatic carbocycles. The summed E-state index contributed by atoms with van der Waals surface area (Å²) in [5, 5.41) is 15.4. The summed E-state index contributed by atoms with van der Waals surface area (Å²) in [7, 11) is 1.44. The number of ether oxygens (including phenoxy) is 1. The number of methoxy groups -OCH3 is 1. The van der Waals surface area contributed by atoms with Gasteiger partial charge in [-0.2, -0.15) is 0 Å². The van der Waals surface area contributed by atoms with Crippen LogP contribution in [-0.4, -0.2) is 70.0 Å². The van der Waals surface area contributed by atoms with E-state index in [1.807, 2.05) is 5.32 Å². The molecule has 2 aliphatic rings. The number of likely N-dealkylation sites (tertiary alicyclic amines) is 1. The molecule has 3 N–H and O–H groups in total. The van der Waals surface area contributed by atoms with E-state index in [9.17, 15) is 14.4 Å². The molecule has 0 spiro atoms. The second-order valence-electron chi connectivity index (χ2n) is 8.66. The highest BCUT2D eigenvalue weighted by Crippen LogP contribution is 2.37. The Hall–Kier alpha value is -4.61. The first kappa shape index (κ1) is 20.6. The van der Waals surface area contributed by atoms with Crippen molar-refractivity contribution in [3.05, 3.63) is 47.9 Å². The average molecular weight is 506 g/mol. The van der Waals surface area contributed by atoms with Gasteiger partial charge in [-0.25, -0.2) is 9.97 Å². The van der Waals surface area contributed by atoms with E-state index >= 15 is 0 Å². The van der Waals surface area contributed by atoms with Crippen molar-refractivity contribution in [1.82, 2.24) is 30.4 Å². The maximum absolute atomic E-state index is 12.7. The number of amides is 3. The lowest BCUT2D eigenvalue weighted by atomic mass is 10.1. The SMILES string of the molecule is [2H]C([2H])([2H])NC(=O)c1nnc(NC(=O)C2CC2)cc1Nc1cccc(-c2ncc(C(=O)N3CCC3)cn2)c1OC. The summed E-state index contributed by atoms with van der Waals surface area (Å²) in [5.74, 6) is -0.730. The zero-order valence-corrected chi connectivity index (χ0v) is 19.9. The van der Waals surface area contributed by atoms with Crippen molar-refractivity contribution >= 4 is 34.9 Å². The number of rotatable bonds is 8. The van der Waals surface area contributed by atoms with Gasteiger partial charge in [-0.05, 0) is 31.4 Å². The van der Waals surface area contributed by atoms with E-state index < -0.39 is 12.9 Å². The van der Waals surface area contributed by atoms with Gasteiger partial charge in [0.05, 0.1) is 29.6 Å². The third kappa shape index (κ3) is 5.03. The number of aromatic nitrogens is 4. The molecule has 12 nitrogen and oxygen atoms in total. The van der Waals surface area contributed by atoms with E-state index in [2.05, 4.69) is 30.8 Å². The highest BCUT2D eigenvalue weighted by atomic mass is 16.5. The van der Waals surface area contributed by atoms with Crippen molar-refractivity contribution in [2.75, 3.05) is 37.8 Å². The van der Waals surface area contributed by atoms with E-state index in [-0.39, 0.29) is 34.9 Å². The number of nitrogens with one attached hydrogen (secondary N) is 3. The van der Waals surface area contributed by atoms with Gasteiger partial charge in [0.25, 0.3) is 11.8 Å². The van der Waals surface area contributed by atoms with Crippen molar-refractivity contribution < 1.29 is 23.2 Å². The summed E-state index contributed by atoms with van der Waals surface area (Å²) < 4.78 is 27.8. The Morgan fingerprint density at radius 3 is 2.54 bits per heavy atom. The number of anilines is 3. The normalized spacial score (nSPS) is 15.9. The molecule has 1 saturated heterocycles. The zero-order chi connectivity index (χ0) is 28.4. The summed E-state index contributed by atoms with van der Waals surface area (Å²) in [4.78, 5) is 47.9. The molecule has 1 saturated carbocycles. The second-order valence-corrected chi connectivity index (χ2v) is 8.66. The smallest absolute Gasteiger partial charge is 0.273 e. The standard InChI is InChI=1S/C25H26N8O4/c1-26-24(35)20-18(11-19(31-32-20)30-23(34)14-7-8-14)29-17-6-3-5-16(21(17)37-2)22-27-12-15(13-28-22)25(36)33-9-4-10-33/h3,5-6,11-14H,4,7-10H2,1-2H3,(H,26,35)(H2,29,30,31,34)/i1D3. The van der Waals surface area contributed by atoms with Crippen LogP contribution in [0.5, 0.6) is 5.75 Å².